The van der Waals surface area contributed by atoms with Crippen molar-refractivity contribution in [1.29, 1.82) is 0 Å². The first kappa shape index (κ1) is 17.8. The molecule has 18 heavy (non-hydrogen) atoms. The lowest BCUT2D eigenvalue weighted by molar-refractivity contribution is -0.132. The SMILES string of the molecule is CSCCC(C)N(C)C(=O)CC(N)CC(C)(C)C. The molecule has 0 saturated heterocycles. The van der Waals surface area contributed by atoms with Gasteiger partial charge in [-0.1, -0.05) is 20.8 Å². The van der Waals surface area contributed by atoms with Crippen molar-refractivity contribution in [3.05, 3.63) is 0 Å². The van der Waals surface area contributed by atoms with Crippen LogP contribution in [0.15, 0.2) is 0 Å². The van der Waals surface area contributed by atoms with Gasteiger partial charge in [0, 0.05) is 25.6 Å². The molecule has 2 atom stereocenters. The summed E-state index contributed by atoms with van der Waals surface area (Å²) in [4.78, 5) is 13.9. The lowest BCUT2D eigenvalue weighted by Crippen LogP contribution is -2.39. The second-order valence-corrected chi connectivity index (χ2v) is 7.35. The van der Waals surface area contributed by atoms with Gasteiger partial charge in [-0.15, -0.1) is 0 Å². The number of hydrogen-bond donors (Lipinski definition) is 1. The van der Waals surface area contributed by atoms with Gasteiger partial charge in [-0.25, -0.2) is 0 Å². The summed E-state index contributed by atoms with van der Waals surface area (Å²) >= 11 is 1.82. The van der Waals surface area contributed by atoms with Crippen LogP contribution in [0.25, 0.3) is 0 Å². The van der Waals surface area contributed by atoms with E-state index in [-0.39, 0.29) is 17.4 Å². The Kier molecular flexibility index (Phi) is 7.95. The Balaban J connectivity index is 4.14. The van der Waals surface area contributed by atoms with E-state index in [4.69, 9.17) is 5.73 Å². The van der Waals surface area contributed by atoms with Gasteiger partial charge in [-0.05, 0) is 37.2 Å². The molecule has 0 aliphatic heterocycles. The molecule has 0 aliphatic carbocycles. The normalized spacial score (nSPS) is 15.3. The summed E-state index contributed by atoms with van der Waals surface area (Å²) in [5, 5.41) is 0. The van der Waals surface area contributed by atoms with Crippen molar-refractivity contribution in [2.45, 2.75) is 59.0 Å². The Morgan fingerprint density at radius 3 is 2.39 bits per heavy atom. The highest BCUT2D eigenvalue weighted by Gasteiger charge is 2.21. The van der Waals surface area contributed by atoms with Crippen LogP contribution in [0.5, 0.6) is 0 Å². The molecule has 0 rings (SSSR count). The van der Waals surface area contributed by atoms with Gasteiger partial charge in [0.25, 0.3) is 0 Å². The lowest BCUT2D eigenvalue weighted by Gasteiger charge is -2.28. The standard InChI is InChI=1S/C14H30N2OS/c1-11(7-8-18-6)16(5)13(17)9-12(15)10-14(2,3)4/h11-12H,7-10,15H2,1-6H3. The molecule has 2 N–H and O–H groups in total. The number of thioether (sulfide) groups is 1. The second kappa shape index (κ2) is 8.05. The smallest absolute Gasteiger partial charge is 0.224 e. The molecule has 0 aromatic rings. The van der Waals surface area contributed by atoms with Crippen molar-refractivity contribution >= 4 is 17.7 Å². The van der Waals surface area contributed by atoms with Crippen LogP contribution in [-0.2, 0) is 4.79 Å². The van der Waals surface area contributed by atoms with Gasteiger partial charge in [0.15, 0.2) is 0 Å². The van der Waals surface area contributed by atoms with E-state index in [0.717, 1.165) is 18.6 Å². The Labute approximate surface area is 117 Å². The van der Waals surface area contributed by atoms with Crippen molar-refractivity contribution in [2.75, 3.05) is 19.1 Å². The van der Waals surface area contributed by atoms with Crippen LogP contribution in [0, 0.1) is 5.41 Å². The molecule has 1 amide bonds. The van der Waals surface area contributed by atoms with Gasteiger partial charge in [0.2, 0.25) is 5.91 Å². The van der Waals surface area contributed by atoms with Gasteiger partial charge in [0.1, 0.15) is 0 Å². The zero-order chi connectivity index (χ0) is 14.3. The zero-order valence-electron chi connectivity index (χ0n) is 12.8. The third kappa shape index (κ3) is 7.98. The van der Waals surface area contributed by atoms with Gasteiger partial charge in [-0.3, -0.25) is 4.79 Å². The second-order valence-electron chi connectivity index (χ2n) is 6.36. The highest BCUT2D eigenvalue weighted by Crippen LogP contribution is 2.21. The van der Waals surface area contributed by atoms with Crippen molar-refractivity contribution < 1.29 is 4.79 Å². The van der Waals surface area contributed by atoms with E-state index in [1.165, 1.54) is 0 Å². The topological polar surface area (TPSA) is 46.3 Å². The van der Waals surface area contributed by atoms with E-state index in [1.807, 2.05) is 23.7 Å². The van der Waals surface area contributed by atoms with Crippen LogP contribution < -0.4 is 5.73 Å². The van der Waals surface area contributed by atoms with Gasteiger partial charge < -0.3 is 10.6 Å². The predicted octanol–water partition coefficient (Wildman–Crippen LogP) is 2.74. The van der Waals surface area contributed by atoms with E-state index in [9.17, 15) is 4.79 Å². The lowest BCUT2D eigenvalue weighted by atomic mass is 9.87. The first-order valence-electron chi connectivity index (χ1n) is 6.67. The van der Waals surface area contributed by atoms with Crippen LogP contribution >= 0.6 is 11.8 Å². The fraction of sp³-hybridized carbons (Fsp3) is 0.929. The molecule has 0 aromatic carbocycles. The van der Waals surface area contributed by atoms with Crippen LogP contribution in [-0.4, -0.2) is 41.9 Å². The molecule has 4 heteroatoms. The van der Waals surface area contributed by atoms with Crippen LogP contribution in [0.4, 0.5) is 0 Å². The third-order valence-electron chi connectivity index (χ3n) is 3.11. The number of nitrogens with two attached hydrogens (primary N) is 1. The number of carbonyl (C=O) groups excluding carboxylic acids is 1. The minimum absolute atomic E-state index is 0.0345. The van der Waals surface area contributed by atoms with Crippen molar-refractivity contribution in [1.82, 2.24) is 4.90 Å². The van der Waals surface area contributed by atoms with Crippen molar-refractivity contribution in [2.24, 2.45) is 11.1 Å². The fourth-order valence-corrected chi connectivity index (χ4v) is 2.53. The molecule has 2 unspecified atom stereocenters. The number of amides is 1. The van der Waals surface area contributed by atoms with E-state index in [1.54, 1.807) is 0 Å². The van der Waals surface area contributed by atoms with Crippen molar-refractivity contribution in [3.63, 3.8) is 0 Å². The van der Waals surface area contributed by atoms with Gasteiger partial charge in [-0.2, -0.15) is 11.8 Å². The molecule has 0 spiro atoms. The first-order chi connectivity index (χ1) is 8.17. The number of nitrogens with zero attached hydrogens (tertiary/aromatic N) is 1. The molecular formula is C14H30N2OS. The average molecular weight is 274 g/mol. The highest BCUT2D eigenvalue weighted by molar-refractivity contribution is 7.98. The molecule has 0 saturated carbocycles. The largest absolute Gasteiger partial charge is 0.343 e. The third-order valence-corrected chi connectivity index (χ3v) is 3.75. The Morgan fingerprint density at radius 2 is 1.94 bits per heavy atom. The summed E-state index contributed by atoms with van der Waals surface area (Å²) in [5.74, 6) is 1.26. The Morgan fingerprint density at radius 1 is 1.39 bits per heavy atom. The maximum Gasteiger partial charge on any atom is 0.224 e. The predicted molar refractivity (Wildman–Crippen MR) is 81.9 cm³/mol. The van der Waals surface area contributed by atoms with Crippen LogP contribution in [0.1, 0.15) is 47.0 Å². The molecule has 108 valence electrons. The quantitative estimate of drug-likeness (QED) is 0.776. The molecule has 0 heterocycles. The summed E-state index contributed by atoms with van der Waals surface area (Å²) in [6, 6.07) is 0.263. The Bertz CT molecular complexity index is 251. The summed E-state index contributed by atoms with van der Waals surface area (Å²) in [5.41, 5.74) is 6.23. The maximum atomic E-state index is 12.1. The highest BCUT2D eigenvalue weighted by atomic mass is 32.2. The average Bonchev–Trinajstić information content (AvgIpc) is 2.21. The fourth-order valence-electron chi connectivity index (χ4n) is 1.95. The summed E-state index contributed by atoms with van der Waals surface area (Å²) in [6.07, 6.45) is 4.47. The minimum Gasteiger partial charge on any atom is -0.343 e. The Hall–Kier alpha value is -0.220. The van der Waals surface area contributed by atoms with Crippen LogP contribution in [0.2, 0.25) is 0 Å². The molecule has 0 aliphatic rings. The first-order valence-corrected chi connectivity index (χ1v) is 8.07. The number of carbonyl (C=O) groups is 1. The molecular weight excluding hydrogens is 244 g/mol. The van der Waals surface area contributed by atoms with E-state index >= 15 is 0 Å². The zero-order valence-corrected chi connectivity index (χ0v) is 13.6. The minimum atomic E-state index is -0.0345. The molecule has 3 nitrogen and oxygen atoms in total. The van der Waals surface area contributed by atoms with E-state index in [2.05, 4.69) is 34.0 Å². The van der Waals surface area contributed by atoms with Crippen molar-refractivity contribution in [3.8, 4) is 0 Å². The molecule has 0 aromatic heterocycles. The van der Waals surface area contributed by atoms with E-state index < -0.39 is 0 Å². The molecule has 0 fully saturated rings. The molecule has 0 radical (unpaired) electrons. The monoisotopic (exact) mass is 274 g/mol. The van der Waals surface area contributed by atoms with Gasteiger partial charge >= 0.3 is 0 Å². The summed E-state index contributed by atoms with van der Waals surface area (Å²) in [7, 11) is 1.89. The van der Waals surface area contributed by atoms with Gasteiger partial charge in [0.05, 0.1) is 0 Å². The van der Waals surface area contributed by atoms with E-state index in [0.29, 0.717) is 12.5 Å². The summed E-state index contributed by atoms with van der Waals surface area (Å²) in [6.45, 7) is 8.57. The maximum absolute atomic E-state index is 12.1. The number of hydrogen-bond acceptors (Lipinski definition) is 3. The summed E-state index contributed by atoms with van der Waals surface area (Å²) < 4.78 is 0. The number of rotatable bonds is 7. The molecule has 0 bridgehead atoms. The van der Waals surface area contributed by atoms with Crippen LogP contribution in [0.3, 0.4) is 0 Å².